The molecule has 112 valence electrons. The maximum absolute atomic E-state index is 12.2. The second kappa shape index (κ2) is 6.85. The van der Waals surface area contributed by atoms with Crippen molar-refractivity contribution >= 4 is 11.7 Å². The van der Waals surface area contributed by atoms with Crippen molar-refractivity contribution in [2.75, 3.05) is 12.0 Å². The number of H-pyrrole nitrogens is 1. The number of imidazole rings is 1. The summed E-state index contributed by atoms with van der Waals surface area (Å²) in [6.07, 6.45) is 4.07. The Hall–Kier alpha value is -2.41. The maximum Gasteiger partial charge on any atom is 0.251 e. The van der Waals surface area contributed by atoms with Crippen LogP contribution in [0.15, 0.2) is 24.7 Å². The summed E-state index contributed by atoms with van der Waals surface area (Å²) in [6.45, 7) is 4.57. The molecule has 0 unspecified atom stereocenters. The van der Waals surface area contributed by atoms with Gasteiger partial charge in [-0.25, -0.2) is 15.8 Å². The normalized spacial score (nSPS) is 10.7. The van der Waals surface area contributed by atoms with Crippen molar-refractivity contribution in [2.45, 2.75) is 26.2 Å². The minimum Gasteiger partial charge on any atom is -0.352 e. The van der Waals surface area contributed by atoms with Crippen molar-refractivity contribution in [3.05, 3.63) is 41.6 Å². The van der Waals surface area contributed by atoms with Gasteiger partial charge in [0.15, 0.2) is 0 Å². The lowest BCUT2D eigenvalue weighted by Gasteiger charge is -2.11. The van der Waals surface area contributed by atoms with Crippen LogP contribution in [0.5, 0.6) is 0 Å². The monoisotopic (exact) mass is 288 g/mol. The van der Waals surface area contributed by atoms with Crippen LogP contribution in [0.4, 0.5) is 5.82 Å². The number of carbonyl (C=O) groups is 1. The molecule has 0 spiro atoms. The number of hydrazine groups is 1. The summed E-state index contributed by atoms with van der Waals surface area (Å²) in [7, 11) is 0. The first-order valence-electron chi connectivity index (χ1n) is 6.84. The fraction of sp³-hybridized carbons (Fsp3) is 0.357. The highest BCUT2D eigenvalue weighted by atomic mass is 16.1. The molecule has 0 atom stereocenters. The van der Waals surface area contributed by atoms with E-state index in [0.29, 0.717) is 24.3 Å². The maximum atomic E-state index is 12.2. The summed E-state index contributed by atoms with van der Waals surface area (Å²) < 4.78 is 0. The van der Waals surface area contributed by atoms with Gasteiger partial charge in [0.05, 0.1) is 6.33 Å². The minimum absolute atomic E-state index is 0.143. The molecule has 0 fully saturated rings. The molecule has 7 heteroatoms. The van der Waals surface area contributed by atoms with Crippen LogP contribution in [0.25, 0.3) is 0 Å². The van der Waals surface area contributed by atoms with Crippen LogP contribution in [-0.2, 0) is 6.42 Å². The van der Waals surface area contributed by atoms with Gasteiger partial charge in [-0.2, -0.15) is 0 Å². The van der Waals surface area contributed by atoms with E-state index in [0.717, 1.165) is 11.4 Å². The summed E-state index contributed by atoms with van der Waals surface area (Å²) in [5.41, 5.74) is 4.85. The second-order valence-electron chi connectivity index (χ2n) is 5.05. The van der Waals surface area contributed by atoms with Gasteiger partial charge in [-0.05, 0) is 18.1 Å². The van der Waals surface area contributed by atoms with Crippen LogP contribution in [-0.4, -0.2) is 27.4 Å². The Labute approximate surface area is 123 Å². The molecule has 0 saturated carbocycles. The van der Waals surface area contributed by atoms with Gasteiger partial charge in [-0.3, -0.25) is 4.79 Å². The molecule has 0 aliphatic rings. The molecule has 5 N–H and O–H groups in total. The number of hydrogen-bond donors (Lipinski definition) is 4. The SMILES string of the molecule is CC(C)c1cc(C(=O)NCCc2cnc[nH]2)cc(NN)n1. The number of nitrogens with zero attached hydrogens (tertiary/aromatic N) is 2. The molecule has 2 aromatic rings. The number of rotatable bonds is 6. The predicted octanol–water partition coefficient (Wildman–Crippen LogP) is 1.19. The molecular weight excluding hydrogens is 268 g/mol. The minimum atomic E-state index is -0.143. The van der Waals surface area contributed by atoms with Crippen LogP contribution in [0.3, 0.4) is 0 Å². The molecule has 2 aromatic heterocycles. The molecule has 0 aliphatic heterocycles. The Morgan fingerprint density at radius 3 is 2.86 bits per heavy atom. The van der Waals surface area contributed by atoms with Gasteiger partial charge in [0.1, 0.15) is 5.82 Å². The highest BCUT2D eigenvalue weighted by Crippen LogP contribution is 2.17. The van der Waals surface area contributed by atoms with Crippen LogP contribution >= 0.6 is 0 Å². The molecule has 0 aromatic carbocycles. The fourth-order valence-electron chi connectivity index (χ4n) is 1.89. The Bertz CT molecular complexity index is 594. The zero-order chi connectivity index (χ0) is 15.2. The number of amides is 1. The van der Waals surface area contributed by atoms with Crippen molar-refractivity contribution in [1.29, 1.82) is 0 Å². The lowest BCUT2D eigenvalue weighted by molar-refractivity contribution is 0.0954. The van der Waals surface area contributed by atoms with E-state index >= 15 is 0 Å². The van der Waals surface area contributed by atoms with Crippen LogP contribution in [0, 0.1) is 0 Å². The van der Waals surface area contributed by atoms with E-state index in [9.17, 15) is 4.79 Å². The molecular formula is C14H20N6O. The van der Waals surface area contributed by atoms with E-state index in [1.807, 2.05) is 13.8 Å². The highest BCUT2D eigenvalue weighted by molar-refractivity contribution is 5.95. The molecule has 1 amide bonds. The average Bonchev–Trinajstić information content (AvgIpc) is 2.99. The Morgan fingerprint density at radius 2 is 2.24 bits per heavy atom. The third kappa shape index (κ3) is 4.03. The Morgan fingerprint density at radius 1 is 1.43 bits per heavy atom. The van der Waals surface area contributed by atoms with Crippen molar-refractivity contribution in [3.63, 3.8) is 0 Å². The number of nitrogen functional groups attached to an aromatic ring is 1. The first kappa shape index (κ1) is 15.0. The van der Waals surface area contributed by atoms with E-state index in [1.165, 1.54) is 0 Å². The molecule has 0 bridgehead atoms. The zero-order valence-electron chi connectivity index (χ0n) is 12.2. The average molecular weight is 288 g/mol. The molecule has 7 nitrogen and oxygen atoms in total. The quantitative estimate of drug-likeness (QED) is 0.471. The lowest BCUT2D eigenvalue weighted by atomic mass is 10.1. The van der Waals surface area contributed by atoms with Gasteiger partial charge < -0.3 is 15.7 Å². The smallest absolute Gasteiger partial charge is 0.251 e. The van der Waals surface area contributed by atoms with Crippen LogP contribution in [0.2, 0.25) is 0 Å². The number of nitrogens with two attached hydrogens (primary N) is 1. The number of pyridine rings is 1. The van der Waals surface area contributed by atoms with Gasteiger partial charge in [0, 0.05) is 36.1 Å². The van der Waals surface area contributed by atoms with Crippen molar-refractivity contribution in [2.24, 2.45) is 5.84 Å². The highest BCUT2D eigenvalue weighted by Gasteiger charge is 2.11. The largest absolute Gasteiger partial charge is 0.352 e. The summed E-state index contributed by atoms with van der Waals surface area (Å²) in [5, 5.41) is 2.87. The second-order valence-corrected chi connectivity index (χ2v) is 5.05. The summed E-state index contributed by atoms with van der Waals surface area (Å²) in [4.78, 5) is 23.4. The lowest BCUT2D eigenvalue weighted by Crippen LogP contribution is -2.26. The van der Waals surface area contributed by atoms with Gasteiger partial charge in [-0.15, -0.1) is 0 Å². The summed E-state index contributed by atoms with van der Waals surface area (Å²) in [6, 6.07) is 3.43. The molecule has 0 saturated heterocycles. The van der Waals surface area contributed by atoms with E-state index in [1.54, 1.807) is 24.7 Å². The van der Waals surface area contributed by atoms with E-state index < -0.39 is 0 Å². The van der Waals surface area contributed by atoms with Gasteiger partial charge in [-0.1, -0.05) is 13.8 Å². The first-order chi connectivity index (χ1) is 10.1. The number of hydrogen-bond acceptors (Lipinski definition) is 5. The van der Waals surface area contributed by atoms with Crippen LogP contribution in [0.1, 0.15) is 41.5 Å². The molecule has 2 heterocycles. The summed E-state index contributed by atoms with van der Waals surface area (Å²) in [5.74, 6) is 5.96. The molecule has 2 rings (SSSR count). The fourth-order valence-corrected chi connectivity index (χ4v) is 1.89. The Balaban J connectivity index is 2.02. The van der Waals surface area contributed by atoms with Crippen molar-refractivity contribution in [3.8, 4) is 0 Å². The number of aromatic nitrogens is 3. The standard InChI is InChI=1S/C14H20N6O/c1-9(2)12-5-10(6-13(19-12)20-15)14(21)17-4-3-11-7-16-8-18-11/h5-9H,3-4,15H2,1-2H3,(H,16,18)(H,17,21)(H,19,20). The molecule has 0 aliphatic carbocycles. The van der Waals surface area contributed by atoms with Crippen molar-refractivity contribution in [1.82, 2.24) is 20.3 Å². The van der Waals surface area contributed by atoms with Crippen LogP contribution < -0.4 is 16.6 Å². The van der Waals surface area contributed by atoms with Gasteiger partial charge in [0.2, 0.25) is 0 Å². The van der Waals surface area contributed by atoms with Gasteiger partial charge >= 0.3 is 0 Å². The third-order valence-corrected chi connectivity index (χ3v) is 3.08. The molecule has 21 heavy (non-hydrogen) atoms. The number of carbonyl (C=O) groups excluding carboxylic acids is 1. The zero-order valence-corrected chi connectivity index (χ0v) is 12.2. The van der Waals surface area contributed by atoms with Gasteiger partial charge in [0.25, 0.3) is 5.91 Å². The van der Waals surface area contributed by atoms with E-state index in [-0.39, 0.29) is 11.8 Å². The number of anilines is 1. The van der Waals surface area contributed by atoms with E-state index in [4.69, 9.17) is 5.84 Å². The number of aromatic amines is 1. The molecule has 0 radical (unpaired) electrons. The Kier molecular flexibility index (Phi) is 4.89. The predicted molar refractivity (Wildman–Crippen MR) is 80.8 cm³/mol. The number of nitrogens with one attached hydrogen (secondary N) is 3. The van der Waals surface area contributed by atoms with E-state index in [2.05, 4.69) is 25.7 Å². The first-order valence-corrected chi connectivity index (χ1v) is 6.84. The third-order valence-electron chi connectivity index (χ3n) is 3.08. The summed E-state index contributed by atoms with van der Waals surface area (Å²) >= 11 is 0. The van der Waals surface area contributed by atoms with Crippen molar-refractivity contribution < 1.29 is 4.79 Å². The topological polar surface area (TPSA) is 109 Å².